The summed E-state index contributed by atoms with van der Waals surface area (Å²) in [6, 6.07) is 22.3. The highest BCUT2D eigenvalue weighted by Gasteiger charge is 2.02. The number of ether oxygens (including phenoxy) is 1. The van der Waals surface area contributed by atoms with Crippen LogP contribution < -0.4 is 4.74 Å². The summed E-state index contributed by atoms with van der Waals surface area (Å²) in [5.41, 5.74) is 2.44. The van der Waals surface area contributed by atoms with E-state index >= 15 is 0 Å². The second-order valence-corrected chi connectivity index (χ2v) is 6.50. The van der Waals surface area contributed by atoms with Crippen LogP contribution in [0.2, 0.25) is 0 Å². The molecule has 3 nitrogen and oxygen atoms in total. The Kier molecular flexibility index (Phi) is 6.39. The largest absolute Gasteiger partial charge is 0.489 e. The van der Waals surface area contributed by atoms with E-state index in [4.69, 9.17) is 9.57 Å². The zero-order valence-corrected chi connectivity index (χ0v) is 15.5. The van der Waals surface area contributed by atoms with E-state index in [1.807, 2.05) is 54.6 Å². The highest BCUT2D eigenvalue weighted by Crippen LogP contribution is 2.16. The molecule has 0 spiro atoms. The second-order valence-electron chi connectivity index (χ2n) is 5.59. The van der Waals surface area contributed by atoms with Crippen LogP contribution in [-0.4, -0.2) is 6.21 Å². The smallest absolute Gasteiger partial charge is 0.145 e. The van der Waals surface area contributed by atoms with Gasteiger partial charge in [0.15, 0.2) is 0 Å². The molecule has 0 radical (unpaired) electrons. The van der Waals surface area contributed by atoms with E-state index in [1.165, 1.54) is 6.07 Å². The SMILES string of the molecule is Fc1cc(Br)ccc1CON=Cc1ccc(OCc2ccccc2)cc1. The monoisotopic (exact) mass is 413 g/mol. The normalized spacial score (nSPS) is 10.8. The minimum absolute atomic E-state index is 0.0773. The van der Waals surface area contributed by atoms with Gasteiger partial charge in [0.1, 0.15) is 24.8 Å². The number of hydrogen-bond donors (Lipinski definition) is 0. The van der Waals surface area contributed by atoms with Crippen LogP contribution in [0.4, 0.5) is 4.39 Å². The predicted octanol–water partition coefficient (Wildman–Crippen LogP) is 5.72. The average Bonchev–Trinajstić information content (AvgIpc) is 2.67. The molecule has 0 aliphatic rings. The average molecular weight is 414 g/mol. The first kappa shape index (κ1) is 18.1. The van der Waals surface area contributed by atoms with Crippen molar-refractivity contribution in [1.82, 2.24) is 0 Å². The number of halogens is 2. The topological polar surface area (TPSA) is 30.8 Å². The van der Waals surface area contributed by atoms with Crippen LogP contribution in [0.1, 0.15) is 16.7 Å². The van der Waals surface area contributed by atoms with Crippen molar-refractivity contribution >= 4 is 22.1 Å². The molecule has 0 aliphatic carbocycles. The molecule has 132 valence electrons. The zero-order valence-electron chi connectivity index (χ0n) is 13.9. The van der Waals surface area contributed by atoms with Crippen LogP contribution in [0, 0.1) is 5.82 Å². The van der Waals surface area contributed by atoms with Gasteiger partial charge in [-0.1, -0.05) is 57.5 Å². The lowest BCUT2D eigenvalue weighted by molar-refractivity contribution is 0.129. The lowest BCUT2D eigenvalue weighted by atomic mass is 10.2. The fourth-order valence-corrected chi connectivity index (χ4v) is 2.57. The van der Waals surface area contributed by atoms with Gasteiger partial charge in [-0.05, 0) is 47.5 Å². The lowest BCUT2D eigenvalue weighted by Crippen LogP contribution is -1.95. The maximum absolute atomic E-state index is 13.7. The molecule has 5 heteroatoms. The maximum Gasteiger partial charge on any atom is 0.145 e. The summed E-state index contributed by atoms with van der Waals surface area (Å²) in [6.07, 6.45) is 1.58. The molecule has 0 aliphatic heterocycles. The molecule has 0 saturated carbocycles. The van der Waals surface area contributed by atoms with Crippen molar-refractivity contribution in [2.24, 2.45) is 5.16 Å². The van der Waals surface area contributed by atoms with Gasteiger partial charge in [0.05, 0.1) is 6.21 Å². The number of rotatable bonds is 7. The van der Waals surface area contributed by atoms with E-state index in [1.54, 1.807) is 18.3 Å². The van der Waals surface area contributed by atoms with Crippen molar-refractivity contribution in [2.75, 3.05) is 0 Å². The summed E-state index contributed by atoms with van der Waals surface area (Å²) >= 11 is 3.22. The zero-order chi connectivity index (χ0) is 18.2. The molecular formula is C21H17BrFNO2. The molecule has 0 aromatic heterocycles. The van der Waals surface area contributed by atoms with Crippen molar-refractivity contribution in [1.29, 1.82) is 0 Å². The molecule has 3 rings (SSSR count). The Morgan fingerprint density at radius 1 is 0.923 bits per heavy atom. The standard InChI is InChI=1S/C21H17BrFNO2/c22-19-9-8-18(21(23)12-19)15-26-24-13-16-6-10-20(11-7-16)25-14-17-4-2-1-3-5-17/h1-13H,14-15H2. The van der Waals surface area contributed by atoms with Crippen LogP contribution in [0.25, 0.3) is 0 Å². The summed E-state index contributed by atoms with van der Waals surface area (Å²) in [5.74, 6) is 0.457. The summed E-state index contributed by atoms with van der Waals surface area (Å²) in [4.78, 5) is 5.16. The Morgan fingerprint density at radius 3 is 2.42 bits per heavy atom. The highest BCUT2D eigenvalue weighted by molar-refractivity contribution is 9.10. The minimum Gasteiger partial charge on any atom is -0.489 e. The van der Waals surface area contributed by atoms with Gasteiger partial charge in [-0.25, -0.2) is 4.39 Å². The van der Waals surface area contributed by atoms with Gasteiger partial charge in [0.25, 0.3) is 0 Å². The molecule has 3 aromatic rings. The minimum atomic E-state index is -0.325. The molecule has 0 bridgehead atoms. The molecular weight excluding hydrogens is 397 g/mol. The van der Waals surface area contributed by atoms with Crippen molar-refractivity contribution in [2.45, 2.75) is 13.2 Å². The fourth-order valence-electron chi connectivity index (χ4n) is 2.23. The molecule has 0 fully saturated rings. The Hall–Kier alpha value is -2.66. The maximum atomic E-state index is 13.7. The first-order chi connectivity index (χ1) is 12.7. The third-order valence-electron chi connectivity index (χ3n) is 3.64. The summed E-state index contributed by atoms with van der Waals surface area (Å²) in [6.45, 7) is 0.601. The molecule has 26 heavy (non-hydrogen) atoms. The molecule has 0 saturated heterocycles. The van der Waals surface area contributed by atoms with E-state index in [0.29, 0.717) is 16.6 Å². The molecule has 3 aromatic carbocycles. The Morgan fingerprint density at radius 2 is 1.69 bits per heavy atom. The van der Waals surface area contributed by atoms with E-state index in [9.17, 15) is 4.39 Å². The van der Waals surface area contributed by atoms with Gasteiger partial charge < -0.3 is 9.57 Å². The van der Waals surface area contributed by atoms with E-state index in [-0.39, 0.29) is 12.4 Å². The van der Waals surface area contributed by atoms with Gasteiger partial charge in [-0.15, -0.1) is 0 Å². The highest BCUT2D eigenvalue weighted by atomic mass is 79.9. The second kappa shape index (κ2) is 9.15. The van der Waals surface area contributed by atoms with Crippen molar-refractivity contribution in [3.63, 3.8) is 0 Å². The van der Waals surface area contributed by atoms with Crippen molar-refractivity contribution in [3.05, 3.63) is 99.8 Å². The predicted molar refractivity (Wildman–Crippen MR) is 104 cm³/mol. The number of hydrogen-bond acceptors (Lipinski definition) is 3. The lowest BCUT2D eigenvalue weighted by Gasteiger charge is -2.06. The van der Waals surface area contributed by atoms with Crippen LogP contribution in [-0.2, 0) is 18.1 Å². The number of nitrogens with zero attached hydrogens (tertiary/aromatic N) is 1. The summed E-state index contributed by atoms with van der Waals surface area (Å²) < 4.78 is 20.1. The van der Waals surface area contributed by atoms with Gasteiger partial charge in [-0.2, -0.15) is 0 Å². The Labute approximate surface area is 160 Å². The van der Waals surface area contributed by atoms with Crippen LogP contribution in [0.15, 0.2) is 82.4 Å². The summed E-state index contributed by atoms with van der Waals surface area (Å²) in [5, 5.41) is 3.88. The van der Waals surface area contributed by atoms with Crippen molar-refractivity contribution < 1.29 is 14.0 Å². The molecule has 0 N–H and O–H groups in total. The van der Waals surface area contributed by atoms with Gasteiger partial charge in [0, 0.05) is 10.0 Å². The molecule has 0 unspecified atom stereocenters. The Balaban J connectivity index is 1.48. The Bertz CT molecular complexity index is 867. The summed E-state index contributed by atoms with van der Waals surface area (Å²) in [7, 11) is 0. The first-order valence-electron chi connectivity index (χ1n) is 8.07. The van der Waals surface area contributed by atoms with Crippen LogP contribution in [0.5, 0.6) is 5.75 Å². The van der Waals surface area contributed by atoms with E-state index in [0.717, 1.165) is 16.9 Å². The molecule has 0 atom stereocenters. The van der Waals surface area contributed by atoms with Crippen LogP contribution >= 0.6 is 15.9 Å². The van der Waals surface area contributed by atoms with Gasteiger partial charge in [-0.3, -0.25) is 0 Å². The number of benzene rings is 3. The third kappa shape index (κ3) is 5.43. The quantitative estimate of drug-likeness (QED) is 0.366. The van der Waals surface area contributed by atoms with E-state index in [2.05, 4.69) is 21.1 Å². The van der Waals surface area contributed by atoms with Crippen LogP contribution in [0.3, 0.4) is 0 Å². The molecule has 0 heterocycles. The van der Waals surface area contributed by atoms with Gasteiger partial charge in [0.2, 0.25) is 0 Å². The fraction of sp³-hybridized carbons (Fsp3) is 0.0952. The first-order valence-corrected chi connectivity index (χ1v) is 8.86. The van der Waals surface area contributed by atoms with E-state index < -0.39 is 0 Å². The number of oxime groups is 1. The van der Waals surface area contributed by atoms with Crippen molar-refractivity contribution in [3.8, 4) is 5.75 Å². The molecule has 0 amide bonds. The van der Waals surface area contributed by atoms with Gasteiger partial charge >= 0.3 is 0 Å². The third-order valence-corrected chi connectivity index (χ3v) is 4.13.